The fourth-order valence-electron chi connectivity index (χ4n) is 2.67. The molecule has 0 spiro atoms. The van der Waals surface area contributed by atoms with Crippen molar-refractivity contribution in [2.45, 2.75) is 55.0 Å². The number of rotatable bonds is 13. The summed E-state index contributed by atoms with van der Waals surface area (Å²) in [5, 5.41) is -5.96. The van der Waals surface area contributed by atoms with Gasteiger partial charge in [-0.3, -0.25) is 9.35 Å². The van der Waals surface area contributed by atoms with Crippen LogP contribution in [0, 0.1) is 0 Å². The molecule has 0 aliphatic heterocycles. The van der Waals surface area contributed by atoms with E-state index in [1.165, 1.54) is 18.2 Å². The van der Waals surface area contributed by atoms with Gasteiger partial charge in [-0.25, -0.2) is 4.79 Å². The molecule has 0 saturated carbocycles. The molecule has 0 aliphatic rings. The van der Waals surface area contributed by atoms with Crippen LogP contribution in [0.3, 0.4) is 0 Å². The molecule has 0 amide bonds. The average Bonchev–Trinajstić information content (AvgIpc) is 2.75. The lowest BCUT2D eigenvalue weighted by Crippen LogP contribution is -2.58. The first-order valence-corrected chi connectivity index (χ1v) is 11.4. The maximum absolute atomic E-state index is 14.0. The van der Waals surface area contributed by atoms with Crippen molar-refractivity contribution in [3.05, 3.63) is 48.0 Å². The van der Waals surface area contributed by atoms with E-state index in [0.29, 0.717) is 0 Å². The van der Waals surface area contributed by atoms with Gasteiger partial charge in [-0.05, 0) is 18.4 Å². The number of carbonyl (C=O) groups excluding carboxylic acids is 2. The molecule has 1 unspecified atom stereocenters. The van der Waals surface area contributed by atoms with Gasteiger partial charge < -0.3 is 9.47 Å². The van der Waals surface area contributed by atoms with Gasteiger partial charge in [-0.1, -0.05) is 36.9 Å². The van der Waals surface area contributed by atoms with Crippen molar-refractivity contribution in [3.8, 4) is 0 Å². The Labute approximate surface area is 208 Å². The van der Waals surface area contributed by atoms with Gasteiger partial charge in [0.1, 0.15) is 5.57 Å². The Kier molecular flexibility index (Phi) is 10.1. The SMILES string of the molecule is C=C(C(=O)OC(OCCCCC(F)(F)C(F)(F)S(=O)(=O)O)(C(=O)Cc1ccccc1)C(F)(F)F)C(F)(F)F. The van der Waals surface area contributed by atoms with Gasteiger partial charge in [-0.2, -0.15) is 52.3 Å². The van der Waals surface area contributed by atoms with Crippen molar-refractivity contribution in [2.24, 2.45) is 0 Å². The molecule has 0 saturated heterocycles. The van der Waals surface area contributed by atoms with Gasteiger partial charge >= 0.3 is 45.4 Å². The standard InChI is InChI=1S/C20H18F10O7S/c1-12(18(23,24)25)15(32)37-17(19(26,27)28,14(31)11-13-7-3-2-4-8-13)36-10-6-5-9-16(21,22)20(29,30)38(33,34)35/h2-4,7-8H,1,5-6,9-11H2,(H,33,34,35). The van der Waals surface area contributed by atoms with Crippen LogP contribution < -0.4 is 0 Å². The minimum atomic E-state index is -6.59. The summed E-state index contributed by atoms with van der Waals surface area (Å²) in [7, 11) is -6.59. The number of ketones is 1. The number of esters is 1. The van der Waals surface area contributed by atoms with Crippen molar-refractivity contribution in [3.63, 3.8) is 0 Å². The highest BCUT2D eigenvalue weighted by Crippen LogP contribution is 2.42. The van der Waals surface area contributed by atoms with Gasteiger partial charge in [-0.15, -0.1) is 0 Å². The number of hydrogen-bond donors (Lipinski definition) is 1. The second-order valence-electron chi connectivity index (χ2n) is 7.57. The van der Waals surface area contributed by atoms with Crippen LogP contribution in [0.4, 0.5) is 43.9 Å². The Morgan fingerprint density at radius 2 is 1.42 bits per heavy atom. The van der Waals surface area contributed by atoms with E-state index >= 15 is 0 Å². The zero-order valence-electron chi connectivity index (χ0n) is 18.7. The fraction of sp³-hybridized carbons (Fsp3) is 0.500. The third-order valence-electron chi connectivity index (χ3n) is 4.71. The van der Waals surface area contributed by atoms with Crippen LogP contribution in [0.15, 0.2) is 42.5 Å². The largest absolute Gasteiger partial charge is 0.464 e. The minimum absolute atomic E-state index is 0.132. The maximum Gasteiger partial charge on any atom is 0.464 e. The van der Waals surface area contributed by atoms with Crippen LogP contribution in [0.2, 0.25) is 0 Å². The van der Waals surface area contributed by atoms with Gasteiger partial charge in [0.15, 0.2) is 0 Å². The number of benzene rings is 1. The summed E-state index contributed by atoms with van der Waals surface area (Å²) in [6.45, 7) is 0.784. The summed E-state index contributed by atoms with van der Waals surface area (Å²) in [5.41, 5.74) is -2.58. The van der Waals surface area contributed by atoms with Gasteiger partial charge in [0, 0.05) is 12.8 Å². The topological polar surface area (TPSA) is 107 Å². The van der Waals surface area contributed by atoms with E-state index in [1.807, 2.05) is 0 Å². The number of carbonyl (C=O) groups is 2. The molecule has 38 heavy (non-hydrogen) atoms. The highest BCUT2D eigenvalue weighted by Gasteiger charge is 2.67. The molecule has 216 valence electrons. The summed E-state index contributed by atoms with van der Waals surface area (Å²) in [6, 6.07) is 6.22. The van der Waals surface area contributed by atoms with Crippen LogP contribution >= 0.6 is 0 Å². The molecule has 0 aliphatic carbocycles. The average molecular weight is 592 g/mol. The molecule has 7 nitrogen and oxygen atoms in total. The Hall–Kier alpha value is -2.73. The Morgan fingerprint density at radius 3 is 1.87 bits per heavy atom. The Balaban J connectivity index is 3.21. The lowest BCUT2D eigenvalue weighted by Gasteiger charge is -2.33. The number of hydrogen-bond acceptors (Lipinski definition) is 6. The fourth-order valence-corrected chi connectivity index (χ4v) is 3.15. The molecule has 0 heterocycles. The van der Waals surface area contributed by atoms with E-state index in [1.54, 1.807) is 0 Å². The maximum atomic E-state index is 14.0. The van der Waals surface area contributed by atoms with Gasteiger partial charge in [0.2, 0.25) is 5.78 Å². The summed E-state index contributed by atoms with van der Waals surface area (Å²) in [4.78, 5) is 24.4. The molecule has 1 N–H and O–H groups in total. The molecule has 1 aromatic rings. The van der Waals surface area contributed by atoms with Crippen molar-refractivity contribution >= 4 is 21.9 Å². The minimum Gasteiger partial charge on any atom is -0.413 e. The van der Waals surface area contributed by atoms with Crippen LogP contribution in [0.1, 0.15) is 24.8 Å². The summed E-state index contributed by atoms with van der Waals surface area (Å²) < 4.78 is 171. The van der Waals surface area contributed by atoms with Crippen molar-refractivity contribution in [1.29, 1.82) is 0 Å². The molecule has 0 fully saturated rings. The number of unbranched alkanes of at least 4 members (excludes halogenated alkanes) is 1. The monoisotopic (exact) mass is 592 g/mol. The zero-order valence-corrected chi connectivity index (χ0v) is 19.5. The van der Waals surface area contributed by atoms with Crippen LogP contribution in [0.25, 0.3) is 0 Å². The quantitative estimate of drug-likeness (QED) is 0.0856. The first-order valence-electron chi connectivity index (χ1n) is 9.99. The first-order chi connectivity index (χ1) is 17.0. The van der Waals surface area contributed by atoms with Crippen molar-refractivity contribution < 1.29 is 75.9 Å². The van der Waals surface area contributed by atoms with Crippen LogP contribution in [0.5, 0.6) is 0 Å². The van der Waals surface area contributed by atoms with E-state index < -0.39 is 89.1 Å². The number of Topliss-reactive ketones (excluding diaryl/α,β-unsaturated/α-hetero) is 1. The lowest BCUT2D eigenvalue weighted by atomic mass is 10.0. The number of halogens is 10. The smallest absolute Gasteiger partial charge is 0.413 e. The second-order valence-corrected chi connectivity index (χ2v) is 9.03. The number of ether oxygens (including phenoxy) is 2. The number of alkyl halides is 10. The molecule has 0 radical (unpaired) electrons. The predicted molar refractivity (Wildman–Crippen MR) is 106 cm³/mol. The Morgan fingerprint density at radius 1 is 0.895 bits per heavy atom. The molecule has 1 aromatic carbocycles. The Bertz CT molecular complexity index is 1120. The molecule has 1 atom stereocenters. The second kappa shape index (κ2) is 11.6. The summed E-state index contributed by atoms with van der Waals surface area (Å²) in [5.74, 6) is -15.0. The molecule has 0 aromatic heterocycles. The van der Waals surface area contributed by atoms with Crippen LogP contribution in [-0.2, 0) is 35.6 Å². The molecular formula is C20H18F10O7S. The normalized spacial score (nSPS) is 15.0. The molecule has 18 heteroatoms. The summed E-state index contributed by atoms with van der Waals surface area (Å²) in [6.07, 6.45) is -17.1. The lowest BCUT2D eigenvalue weighted by molar-refractivity contribution is -0.346. The molecule has 1 rings (SSSR count). The van der Waals surface area contributed by atoms with Gasteiger partial charge in [0.05, 0.1) is 6.61 Å². The third kappa shape index (κ3) is 7.66. The van der Waals surface area contributed by atoms with E-state index in [0.717, 1.165) is 12.1 Å². The van der Waals surface area contributed by atoms with E-state index in [4.69, 9.17) is 4.55 Å². The van der Waals surface area contributed by atoms with Crippen molar-refractivity contribution in [2.75, 3.05) is 6.61 Å². The molecular weight excluding hydrogens is 574 g/mol. The van der Waals surface area contributed by atoms with E-state index in [9.17, 15) is 61.9 Å². The van der Waals surface area contributed by atoms with Gasteiger partial charge in [0.25, 0.3) is 0 Å². The molecule has 0 bridgehead atoms. The highest BCUT2D eigenvalue weighted by atomic mass is 32.2. The van der Waals surface area contributed by atoms with E-state index in [-0.39, 0.29) is 5.56 Å². The summed E-state index contributed by atoms with van der Waals surface area (Å²) >= 11 is 0. The zero-order chi connectivity index (χ0) is 29.8. The predicted octanol–water partition coefficient (Wildman–Crippen LogP) is 5.02. The third-order valence-corrected chi connectivity index (χ3v) is 5.66. The first kappa shape index (κ1) is 33.3. The van der Waals surface area contributed by atoms with Crippen LogP contribution in [-0.4, -0.2) is 60.6 Å². The van der Waals surface area contributed by atoms with E-state index in [2.05, 4.69) is 16.1 Å². The highest BCUT2D eigenvalue weighted by molar-refractivity contribution is 7.87. The van der Waals surface area contributed by atoms with Crippen molar-refractivity contribution in [1.82, 2.24) is 0 Å².